The molecule has 0 unspecified atom stereocenters. The summed E-state index contributed by atoms with van der Waals surface area (Å²) in [6.45, 7) is 5.38. The monoisotopic (exact) mass is 127 g/mol. The van der Waals surface area contributed by atoms with Crippen molar-refractivity contribution in [3.8, 4) is 0 Å². The fraction of sp³-hybridized carbons (Fsp3) is 0.667. The molecular weight excluding hydrogens is 114 g/mol. The summed E-state index contributed by atoms with van der Waals surface area (Å²) < 4.78 is 0. The Morgan fingerprint density at radius 2 is 2.11 bits per heavy atom. The minimum Gasteiger partial charge on any atom is -0.383 e. The average molecular weight is 127 g/mol. The van der Waals surface area contributed by atoms with Gasteiger partial charge in [0, 0.05) is 13.1 Å². The predicted molar refractivity (Wildman–Crippen MR) is 41.2 cm³/mol. The molecule has 0 aliphatic heterocycles. The van der Waals surface area contributed by atoms with Gasteiger partial charge in [0.25, 0.3) is 0 Å². The Labute approximate surface area is 55.7 Å². The van der Waals surface area contributed by atoms with Gasteiger partial charge in [-0.3, -0.25) is 9.98 Å². The van der Waals surface area contributed by atoms with Crippen LogP contribution in [-0.4, -0.2) is 25.1 Å². The lowest BCUT2D eigenvalue weighted by Crippen LogP contribution is -2.13. The smallest absolute Gasteiger partial charge is 0.136 e. The fourth-order valence-electron chi connectivity index (χ4n) is 0.408. The van der Waals surface area contributed by atoms with Gasteiger partial charge in [0.1, 0.15) is 5.84 Å². The van der Waals surface area contributed by atoms with Crippen molar-refractivity contribution in [1.82, 2.24) is 0 Å². The molecule has 0 saturated carbocycles. The van der Waals surface area contributed by atoms with Gasteiger partial charge in [0.05, 0.1) is 6.21 Å². The Hall–Kier alpha value is -0.860. The van der Waals surface area contributed by atoms with Crippen LogP contribution in [0.4, 0.5) is 0 Å². The SMILES string of the molecule is CCN=CC(N)=NCC. The van der Waals surface area contributed by atoms with Crippen LogP contribution in [0.5, 0.6) is 0 Å². The second kappa shape index (κ2) is 5.28. The lowest BCUT2D eigenvalue weighted by atomic mass is 10.6. The van der Waals surface area contributed by atoms with Gasteiger partial charge in [0.15, 0.2) is 0 Å². The van der Waals surface area contributed by atoms with Crippen LogP contribution in [0, 0.1) is 0 Å². The lowest BCUT2D eigenvalue weighted by molar-refractivity contribution is 1.12. The molecule has 9 heavy (non-hydrogen) atoms. The third kappa shape index (κ3) is 5.00. The van der Waals surface area contributed by atoms with Gasteiger partial charge < -0.3 is 5.73 Å². The minimum absolute atomic E-state index is 0.513. The molecule has 0 fully saturated rings. The molecule has 52 valence electrons. The summed E-state index contributed by atoms with van der Waals surface area (Å²) in [6.07, 6.45) is 1.59. The molecule has 0 heterocycles. The van der Waals surface area contributed by atoms with Crippen molar-refractivity contribution in [2.45, 2.75) is 13.8 Å². The average Bonchev–Trinajstić information content (AvgIpc) is 1.85. The van der Waals surface area contributed by atoms with E-state index in [2.05, 4.69) is 9.98 Å². The maximum Gasteiger partial charge on any atom is 0.136 e. The zero-order valence-electron chi connectivity index (χ0n) is 5.96. The summed E-state index contributed by atoms with van der Waals surface area (Å²) in [4.78, 5) is 7.82. The number of nitrogens with two attached hydrogens (primary N) is 1. The van der Waals surface area contributed by atoms with E-state index >= 15 is 0 Å². The van der Waals surface area contributed by atoms with Crippen LogP contribution in [0.1, 0.15) is 13.8 Å². The molecule has 3 nitrogen and oxygen atoms in total. The summed E-state index contributed by atoms with van der Waals surface area (Å²) in [7, 11) is 0. The van der Waals surface area contributed by atoms with Crippen LogP contribution >= 0.6 is 0 Å². The zero-order valence-corrected chi connectivity index (χ0v) is 5.96. The third-order valence-electron chi connectivity index (χ3n) is 0.747. The van der Waals surface area contributed by atoms with Crippen molar-refractivity contribution in [3.05, 3.63) is 0 Å². The predicted octanol–water partition coefficient (Wildman–Crippen LogP) is 0.454. The number of rotatable bonds is 3. The van der Waals surface area contributed by atoms with Crippen LogP contribution in [0.3, 0.4) is 0 Å². The molecule has 0 aromatic rings. The summed E-state index contributed by atoms with van der Waals surface area (Å²) in [5, 5.41) is 0. The molecule has 0 aromatic carbocycles. The van der Waals surface area contributed by atoms with E-state index in [-0.39, 0.29) is 0 Å². The Morgan fingerprint density at radius 1 is 1.44 bits per heavy atom. The highest BCUT2D eigenvalue weighted by Crippen LogP contribution is 1.68. The highest BCUT2D eigenvalue weighted by molar-refractivity contribution is 6.28. The summed E-state index contributed by atoms with van der Waals surface area (Å²) >= 11 is 0. The van der Waals surface area contributed by atoms with E-state index in [1.807, 2.05) is 13.8 Å². The second-order valence-electron chi connectivity index (χ2n) is 1.53. The Morgan fingerprint density at radius 3 is 2.56 bits per heavy atom. The van der Waals surface area contributed by atoms with E-state index in [9.17, 15) is 0 Å². The van der Waals surface area contributed by atoms with E-state index in [1.54, 1.807) is 6.21 Å². The molecule has 0 amide bonds. The zero-order chi connectivity index (χ0) is 7.11. The Bertz CT molecular complexity index is 115. The topological polar surface area (TPSA) is 50.7 Å². The summed E-state index contributed by atoms with van der Waals surface area (Å²) in [5.41, 5.74) is 5.37. The van der Waals surface area contributed by atoms with Crippen molar-refractivity contribution in [3.63, 3.8) is 0 Å². The number of hydrogen-bond acceptors (Lipinski definition) is 2. The van der Waals surface area contributed by atoms with Crippen LogP contribution in [0.15, 0.2) is 9.98 Å². The molecule has 0 rings (SSSR count). The molecule has 0 aliphatic carbocycles. The first-order valence-corrected chi connectivity index (χ1v) is 3.11. The highest BCUT2D eigenvalue weighted by Gasteiger charge is 1.78. The number of amidine groups is 1. The van der Waals surface area contributed by atoms with E-state index in [4.69, 9.17) is 5.73 Å². The molecule has 0 saturated heterocycles. The number of nitrogens with zero attached hydrogens (tertiary/aromatic N) is 2. The number of hydrogen-bond donors (Lipinski definition) is 1. The standard InChI is InChI=1S/C6H13N3/c1-3-8-5-6(7)9-4-2/h5H,3-4H2,1-2H3,(H2,7,9). The highest BCUT2D eigenvalue weighted by atomic mass is 14.9. The summed E-state index contributed by atoms with van der Waals surface area (Å²) in [5.74, 6) is 0.513. The van der Waals surface area contributed by atoms with E-state index < -0.39 is 0 Å². The van der Waals surface area contributed by atoms with Crippen molar-refractivity contribution in [1.29, 1.82) is 0 Å². The lowest BCUT2D eigenvalue weighted by Gasteiger charge is -1.87. The largest absolute Gasteiger partial charge is 0.383 e. The second-order valence-corrected chi connectivity index (χ2v) is 1.53. The molecule has 0 atom stereocenters. The molecular formula is C6H13N3. The molecule has 0 aromatic heterocycles. The van der Waals surface area contributed by atoms with Gasteiger partial charge in [-0.15, -0.1) is 0 Å². The fourth-order valence-corrected chi connectivity index (χ4v) is 0.408. The Balaban J connectivity index is 3.60. The van der Waals surface area contributed by atoms with E-state index in [1.165, 1.54) is 0 Å². The van der Waals surface area contributed by atoms with Gasteiger partial charge in [-0.05, 0) is 13.8 Å². The van der Waals surface area contributed by atoms with E-state index in [0.29, 0.717) is 5.84 Å². The van der Waals surface area contributed by atoms with Crippen LogP contribution in [-0.2, 0) is 0 Å². The molecule has 3 heteroatoms. The molecule has 2 N–H and O–H groups in total. The Kier molecular flexibility index (Phi) is 4.78. The van der Waals surface area contributed by atoms with Crippen molar-refractivity contribution >= 4 is 12.1 Å². The van der Waals surface area contributed by atoms with Crippen molar-refractivity contribution in [2.24, 2.45) is 15.7 Å². The first-order valence-electron chi connectivity index (χ1n) is 3.11. The van der Waals surface area contributed by atoms with Crippen LogP contribution in [0.25, 0.3) is 0 Å². The normalized spacial score (nSPS) is 12.9. The van der Waals surface area contributed by atoms with Crippen LogP contribution in [0.2, 0.25) is 0 Å². The molecule has 0 spiro atoms. The minimum atomic E-state index is 0.513. The third-order valence-corrected chi connectivity index (χ3v) is 0.747. The van der Waals surface area contributed by atoms with Gasteiger partial charge in [-0.1, -0.05) is 0 Å². The van der Waals surface area contributed by atoms with Gasteiger partial charge in [-0.25, -0.2) is 0 Å². The summed E-state index contributed by atoms with van der Waals surface area (Å²) in [6, 6.07) is 0. The first-order chi connectivity index (χ1) is 4.31. The van der Waals surface area contributed by atoms with Gasteiger partial charge in [-0.2, -0.15) is 0 Å². The molecule has 0 bridgehead atoms. The first kappa shape index (κ1) is 8.14. The van der Waals surface area contributed by atoms with Gasteiger partial charge >= 0.3 is 0 Å². The quantitative estimate of drug-likeness (QED) is 0.434. The van der Waals surface area contributed by atoms with Crippen LogP contribution < -0.4 is 5.73 Å². The number of aliphatic imine (C=N–C) groups is 2. The molecule has 0 radical (unpaired) electrons. The molecule has 0 aliphatic rings. The van der Waals surface area contributed by atoms with Crippen molar-refractivity contribution in [2.75, 3.05) is 13.1 Å². The maximum absolute atomic E-state index is 5.37. The van der Waals surface area contributed by atoms with E-state index in [0.717, 1.165) is 13.1 Å². The van der Waals surface area contributed by atoms with Gasteiger partial charge in [0.2, 0.25) is 0 Å². The van der Waals surface area contributed by atoms with Crippen molar-refractivity contribution < 1.29 is 0 Å². The maximum atomic E-state index is 5.37.